The van der Waals surface area contributed by atoms with Gasteiger partial charge in [-0.25, -0.2) is 8.42 Å². The second kappa shape index (κ2) is 9.93. The molecular weight excluding hydrogens is 589 g/mol. The van der Waals surface area contributed by atoms with Crippen LogP contribution < -0.4 is 13.9 Å². The zero-order valence-corrected chi connectivity index (χ0v) is 23.0. The molecule has 184 valence electrons. The minimum Gasteiger partial charge on any atom is -0.495 e. The summed E-state index contributed by atoms with van der Waals surface area (Å²) in [5.74, 6) is -0.0303. The van der Waals surface area contributed by atoms with E-state index in [0.717, 1.165) is 22.9 Å². The van der Waals surface area contributed by atoms with E-state index in [0.29, 0.717) is 49.8 Å². The van der Waals surface area contributed by atoms with Crippen LogP contribution >= 0.6 is 50.7 Å². The predicted molar refractivity (Wildman–Crippen MR) is 139 cm³/mol. The van der Waals surface area contributed by atoms with Crippen molar-refractivity contribution in [2.45, 2.75) is 21.5 Å². The average molecular weight is 612 g/mol. The fourth-order valence-electron chi connectivity index (χ4n) is 4.30. The maximum absolute atomic E-state index is 13.7. The largest absolute Gasteiger partial charge is 0.495 e. The van der Waals surface area contributed by atoms with Gasteiger partial charge in [0.05, 0.1) is 23.4 Å². The Kier molecular flexibility index (Phi) is 7.51. The molecule has 0 aromatic heterocycles. The molecule has 1 amide bonds. The van der Waals surface area contributed by atoms with Crippen LogP contribution in [0, 0.1) is 0 Å². The highest BCUT2D eigenvalue weighted by atomic mass is 79.9. The molecule has 2 aliphatic heterocycles. The zero-order valence-electron chi connectivity index (χ0n) is 18.3. The van der Waals surface area contributed by atoms with E-state index in [9.17, 15) is 13.2 Å². The molecule has 2 aromatic rings. The van der Waals surface area contributed by atoms with E-state index in [2.05, 4.69) is 15.9 Å². The maximum atomic E-state index is 13.7. The summed E-state index contributed by atoms with van der Waals surface area (Å²) in [6.45, 7) is 1.95. The van der Waals surface area contributed by atoms with E-state index < -0.39 is 19.7 Å². The highest BCUT2D eigenvalue weighted by Crippen LogP contribution is 2.37. The molecule has 1 fully saturated rings. The Morgan fingerprint density at radius 3 is 2.35 bits per heavy atom. The van der Waals surface area contributed by atoms with Gasteiger partial charge in [0.2, 0.25) is 0 Å². The van der Waals surface area contributed by atoms with Crippen molar-refractivity contribution in [1.82, 2.24) is 4.90 Å². The normalized spacial score (nSPS) is 16.9. The number of rotatable bonds is 4. The maximum Gasteiger partial charge on any atom is 0.274 e. The number of aryl methyl sites for hydroxylation is 1. The molecule has 0 spiro atoms. The summed E-state index contributed by atoms with van der Waals surface area (Å²) in [5.41, 5.74) is 2.33. The van der Waals surface area contributed by atoms with E-state index in [4.69, 9.17) is 39.5 Å². The first-order chi connectivity index (χ1) is 16.0. The molecule has 4 rings (SSSR count). The van der Waals surface area contributed by atoms with Crippen LogP contribution in [0.1, 0.15) is 12.0 Å². The Morgan fingerprint density at radius 2 is 1.71 bits per heavy atom. The Hall–Kier alpha value is -1.39. The first-order valence-corrected chi connectivity index (χ1v) is 14.0. The number of ether oxygens (including phenoxy) is 1. The van der Waals surface area contributed by atoms with Crippen molar-refractivity contribution in [3.8, 4) is 5.75 Å². The van der Waals surface area contributed by atoms with Gasteiger partial charge in [-0.2, -0.15) is 0 Å². The molecule has 2 aliphatic rings. The van der Waals surface area contributed by atoms with E-state index >= 15 is 0 Å². The van der Waals surface area contributed by atoms with Crippen LogP contribution in [0.5, 0.6) is 5.75 Å². The van der Waals surface area contributed by atoms with Crippen LogP contribution in [-0.2, 0) is 21.2 Å². The third-order valence-electron chi connectivity index (χ3n) is 6.01. The lowest BCUT2D eigenvalue weighted by Gasteiger charge is -2.38. The number of alkyl halides is 3. The van der Waals surface area contributed by atoms with E-state index in [1.165, 1.54) is 16.3 Å². The predicted octanol–water partition coefficient (Wildman–Crippen LogP) is 4.62. The van der Waals surface area contributed by atoms with Crippen LogP contribution in [0.15, 0.2) is 45.8 Å². The first kappa shape index (κ1) is 25.7. The number of halogens is 4. The van der Waals surface area contributed by atoms with Gasteiger partial charge in [0.1, 0.15) is 5.75 Å². The second-order valence-corrected chi connectivity index (χ2v) is 13.1. The van der Waals surface area contributed by atoms with Crippen LogP contribution in [0.3, 0.4) is 0 Å². The fourth-order valence-corrected chi connectivity index (χ4v) is 6.56. The third-order valence-corrected chi connectivity index (χ3v) is 8.80. The standard InChI is InChI=1S/C22H23BrCl3N3O4S/c1-33-20-7-6-17(14-19(20)27-9-11-28(12-10-27)21(30)22(24,25)26)34(31,32)29-8-2-3-15-4-5-16(23)13-18(15)29/h4-7,13-14H,2-3,8-12H2,1H3. The van der Waals surface area contributed by atoms with Crippen molar-refractivity contribution in [2.75, 3.05) is 49.0 Å². The summed E-state index contributed by atoms with van der Waals surface area (Å²) in [5, 5.41) is 0. The minimum absolute atomic E-state index is 0.177. The number of carbonyl (C=O) groups excluding carboxylic acids is 1. The number of piperazine rings is 1. The number of carbonyl (C=O) groups is 1. The molecule has 1 saturated heterocycles. The lowest BCUT2D eigenvalue weighted by Crippen LogP contribution is -2.51. The molecule has 0 atom stereocenters. The number of hydrogen-bond acceptors (Lipinski definition) is 5. The van der Waals surface area contributed by atoms with Gasteiger partial charge < -0.3 is 14.5 Å². The summed E-state index contributed by atoms with van der Waals surface area (Å²) >= 11 is 20.7. The molecule has 0 N–H and O–H groups in total. The second-order valence-electron chi connectivity index (χ2n) is 8.06. The number of sulfonamides is 1. The Morgan fingerprint density at radius 1 is 1.00 bits per heavy atom. The molecule has 12 heteroatoms. The highest BCUT2D eigenvalue weighted by molar-refractivity contribution is 9.10. The Balaban J connectivity index is 1.63. The van der Waals surface area contributed by atoms with Gasteiger partial charge in [-0.05, 0) is 48.7 Å². The topological polar surface area (TPSA) is 70.2 Å². The van der Waals surface area contributed by atoms with Crippen molar-refractivity contribution in [2.24, 2.45) is 0 Å². The summed E-state index contributed by atoms with van der Waals surface area (Å²) in [7, 11) is -2.27. The molecule has 2 aromatic carbocycles. The van der Waals surface area contributed by atoms with Gasteiger partial charge in [0.15, 0.2) is 0 Å². The van der Waals surface area contributed by atoms with E-state index in [1.54, 1.807) is 18.2 Å². The fraction of sp³-hybridized carbons (Fsp3) is 0.409. The van der Waals surface area contributed by atoms with Crippen LogP contribution in [0.4, 0.5) is 11.4 Å². The molecule has 0 radical (unpaired) electrons. The molecule has 0 unspecified atom stereocenters. The highest BCUT2D eigenvalue weighted by Gasteiger charge is 2.37. The molecule has 2 heterocycles. The smallest absolute Gasteiger partial charge is 0.274 e. The molecule has 34 heavy (non-hydrogen) atoms. The Bertz CT molecular complexity index is 1200. The molecule has 0 saturated carbocycles. The number of methoxy groups -OCH3 is 1. The van der Waals surface area contributed by atoms with Crippen molar-refractivity contribution in [3.63, 3.8) is 0 Å². The van der Waals surface area contributed by atoms with Crippen molar-refractivity contribution < 1.29 is 17.9 Å². The summed E-state index contributed by atoms with van der Waals surface area (Å²) in [6.07, 6.45) is 1.58. The first-order valence-electron chi connectivity index (χ1n) is 10.6. The number of fused-ring (bicyclic) bond motifs is 1. The molecule has 0 bridgehead atoms. The van der Waals surface area contributed by atoms with Crippen molar-refractivity contribution >= 4 is 78.0 Å². The molecule has 0 aliphatic carbocycles. The van der Waals surface area contributed by atoms with E-state index in [-0.39, 0.29) is 4.90 Å². The monoisotopic (exact) mass is 609 g/mol. The van der Waals surface area contributed by atoms with Crippen molar-refractivity contribution in [1.29, 1.82) is 0 Å². The number of hydrogen-bond donors (Lipinski definition) is 0. The lowest BCUT2D eigenvalue weighted by molar-refractivity contribution is -0.130. The van der Waals surface area contributed by atoms with Crippen LogP contribution in [0.2, 0.25) is 0 Å². The molecule has 7 nitrogen and oxygen atoms in total. The van der Waals surface area contributed by atoms with E-state index in [1.807, 2.05) is 23.1 Å². The molecular formula is C22H23BrCl3N3O4S. The van der Waals surface area contributed by atoms with Crippen LogP contribution in [-0.4, -0.2) is 62.9 Å². The van der Waals surface area contributed by atoms with Crippen molar-refractivity contribution in [3.05, 3.63) is 46.4 Å². The SMILES string of the molecule is COc1ccc(S(=O)(=O)N2CCCc3ccc(Br)cc32)cc1N1CCN(C(=O)C(Cl)(Cl)Cl)CC1. The summed E-state index contributed by atoms with van der Waals surface area (Å²) in [4.78, 5) is 15.9. The van der Waals surface area contributed by atoms with Gasteiger partial charge in [0.25, 0.3) is 19.7 Å². The zero-order chi connectivity index (χ0) is 24.7. The number of nitrogens with zero attached hydrogens (tertiary/aromatic N) is 3. The average Bonchev–Trinajstić information content (AvgIpc) is 2.82. The van der Waals surface area contributed by atoms with Gasteiger partial charge >= 0.3 is 0 Å². The number of anilines is 2. The number of benzene rings is 2. The summed E-state index contributed by atoms with van der Waals surface area (Å²) < 4.78 is 33.2. The quantitative estimate of drug-likeness (QED) is 0.473. The van der Waals surface area contributed by atoms with Gasteiger partial charge in [-0.3, -0.25) is 9.10 Å². The van der Waals surface area contributed by atoms with Crippen LogP contribution in [0.25, 0.3) is 0 Å². The third kappa shape index (κ3) is 5.09. The van der Waals surface area contributed by atoms with Gasteiger partial charge in [0, 0.05) is 37.2 Å². The lowest BCUT2D eigenvalue weighted by atomic mass is 10.0. The minimum atomic E-state index is -3.81. The van der Waals surface area contributed by atoms with Gasteiger partial charge in [-0.1, -0.05) is 56.8 Å². The Labute approximate surface area is 222 Å². The summed E-state index contributed by atoms with van der Waals surface area (Å²) in [6, 6.07) is 10.6. The number of amides is 1. The van der Waals surface area contributed by atoms with Gasteiger partial charge in [-0.15, -0.1) is 0 Å².